The van der Waals surface area contributed by atoms with Gasteiger partial charge in [-0.2, -0.15) is 5.26 Å². The van der Waals surface area contributed by atoms with Crippen LogP contribution in [0.3, 0.4) is 0 Å². The van der Waals surface area contributed by atoms with Gasteiger partial charge < -0.3 is 0 Å². The van der Waals surface area contributed by atoms with Gasteiger partial charge in [-0.25, -0.2) is 4.39 Å². The summed E-state index contributed by atoms with van der Waals surface area (Å²) in [6, 6.07) is 2.15. The molecule has 0 saturated heterocycles. The van der Waals surface area contributed by atoms with Crippen LogP contribution in [0.5, 0.6) is 0 Å². The molecule has 0 aromatic heterocycles. The van der Waals surface area contributed by atoms with Gasteiger partial charge in [0.1, 0.15) is 6.17 Å². The minimum atomic E-state index is -0.857. The van der Waals surface area contributed by atoms with E-state index in [0.717, 1.165) is 30.6 Å². The molecule has 0 N–H and O–H groups in total. The fourth-order valence-electron chi connectivity index (χ4n) is 5.41. The zero-order valence-corrected chi connectivity index (χ0v) is 13.3. The molecule has 118 valence electrons. The summed E-state index contributed by atoms with van der Waals surface area (Å²) in [5, 5.41) is 8.95. The van der Waals surface area contributed by atoms with E-state index in [1.807, 2.05) is 0 Å². The van der Waals surface area contributed by atoms with Gasteiger partial charge in [0.25, 0.3) is 0 Å². The lowest BCUT2D eigenvalue weighted by atomic mass is 9.65. The third kappa shape index (κ3) is 3.61. The maximum absolute atomic E-state index is 14.0. The third-order valence-electron chi connectivity index (χ3n) is 6.78. The maximum Gasteiger partial charge on any atom is 0.116 e. The van der Waals surface area contributed by atoms with Crippen molar-refractivity contribution in [2.75, 3.05) is 0 Å². The number of rotatable bonds is 2. The molecule has 0 radical (unpaired) electrons. The molecule has 1 nitrogen and oxygen atoms in total. The van der Waals surface area contributed by atoms with Gasteiger partial charge in [-0.15, -0.1) is 0 Å². The van der Waals surface area contributed by atoms with Gasteiger partial charge >= 0.3 is 0 Å². The van der Waals surface area contributed by atoms with Crippen LogP contribution in [0, 0.1) is 40.9 Å². The fraction of sp³-hybridized carbons (Fsp3) is 0.947. The van der Waals surface area contributed by atoms with Gasteiger partial charge in [0.05, 0.1) is 12.0 Å². The highest BCUT2D eigenvalue weighted by Gasteiger charge is 2.37. The topological polar surface area (TPSA) is 23.8 Å². The van der Waals surface area contributed by atoms with Gasteiger partial charge in [0.2, 0.25) is 0 Å². The molecule has 0 aromatic carbocycles. The summed E-state index contributed by atoms with van der Waals surface area (Å²) in [5.41, 5.74) is 0. The Kier molecular flexibility index (Phi) is 5.19. The number of hydrogen-bond acceptors (Lipinski definition) is 1. The molecule has 0 aliphatic heterocycles. The van der Waals surface area contributed by atoms with Gasteiger partial charge in [0, 0.05) is 0 Å². The van der Waals surface area contributed by atoms with Crippen LogP contribution in [0.1, 0.15) is 77.0 Å². The summed E-state index contributed by atoms with van der Waals surface area (Å²) < 4.78 is 14.0. The Morgan fingerprint density at radius 2 is 1.19 bits per heavy atom. The van der Waals surface area contributed by atoms with Crippen LogP contribution in [0.25, 0.3) is 0 Å². The lowest BCUT2D eigenvalue weighted by Crippen LogP contribution is -2.32. The molecule has 3 aliphatic rings. The lowest BCUT2D eigenvalue weighted by Gasteiger charge is -2.40. The van der Waals surface area contributed by atoms with E-state index in [-0.39, 0.29) is 5.92 Å². The number of halogens is 1. The average molecular weight is 291 g/mol. The van der Waals surface area contributed by atoms with Crippen LogP contribution in [0.4, 0.5) is 4.39 Å². The van der Waals surface area contributed by atoms with Crippen molar-refractivity contribution in [3.8, 4) is 6.07 Å². The van der Waals surface area contributed by atoms with E-state index in [9.17, 15) is 4.39 Å². The number of alkyl halides is 1. The molecule has 3 fully saturated rings. The van der Waals surface area contributed by atoms with Crippen LogP contribution in [-0.2, 0) is 0 Å². The van der Waals surface area contributed by atoms with Crippen molar-refractivity contribution < 1.29 is 4.39 Å². The second-order valence-corrected chi connectivity index (χ2v) is 7.90. The number of nitriles is 1. The molecule has 0 bridgehead atoms. The van der Waals surface area contributed by atoms with Crippen LogP contribution in [0.15, 0.2) is 0 Å². The van der Waals surface area contributed by atoms with E-state index in [1.165, 1.54) is 57.8 Å². The molecule has 3 atom stereocenters. The molecule has 0 aromatic rings. The minimum Gasteiger partial charge on any atom is -0.246 e. The van der Waals surface area contributed by atoms with E-state index in [0.29, 0.717) is 12.3 Å². The number of hydrogen-bond donors (Lipinski definition) is 0. The van der Waals surface area contributed by atoms with Crippen molar-refractivity contribution >= 4 is 0 Å². The summed E-state index contributed by atoms with van der Waals surface area (Å²) in [6.45, 7) is 0. The standard InChI is InChI=1S/C19H30FN/c20-19-12-17(10-11-18(19)13-21)16-8-6-15(7-9-16)14-4-2-1-3-5-14/h14-19H,1-12H2. The van der Waals surface area contributed by atoms with Gasteiger partial charge in [-0.05, 0) is 68.6 Å². The second-order valence-electron chi connectivity index (χ2n) is 7.90. The van der Waals surface area contributed by atoms with Crippen molar-refractivity contribution in [3.05, 3.63) is 0 Å². The molecular formula is C19H30FN. The summed E-state index contributed by atoms with van der Waals surface area (Å²) in [4.78, 5) is 0. The molecular weight excluding hydrogens is 261 g/mol. The lowest BCUT2D eigenvalue weighted by molar-refractivity contribution is 0.0813. The Labute approximate surface area is 129 Å². The molecule has 2 heteroatoms. The molecule has 3 aliphatic carbocycles. The van der Waals surface area contributed by atoms with Crippen molar-refractivity contribution in [2.24, 2.45) is 29.6 Å². The van der Waals surface area contributed by atoms with Gasteiger partial charge in [-0.1, -0.05) is 32.1 Å². The molecule has 0 spiro atoms. The Bertz CT molecular complexity index is 360. The SMILES string of the molecule is N#CC1CCC(C2CCC(C3CCCCC3)CC2)CC1F. The van der Waals surface area contributed by atoms with Crippen molar-refractivity contribution in [1.29, 1.82) is 5.26 Å². The summed E-state index contributed by atoms with van der Waals surface area (Å²) >= 11 is 0. The zero-order valence-electron chi connectivity index (χ0n) is 13.3. The summed E-state index contributed by atoms with van der Waals surface area (Å²) in [6.07, 6.45) is 14.4. The highest BCUT2D eigenvalue weighted by Crippen LogP contribution is 2.45. The quantitative estimate of drug-likeness (QED) is 0.645. The van der Waals surface area contributed by atoms with E-state index >= 15 is 0 Å². The fourth-order valence-corrected chi connectivity index (χ4v) is 5.41. The minimum absolute atomic E-state index is 0.320. The normalized spacial score (nSPS) is 42.4. The highest BCUT2D eigenvalue weighted by molar-refractivity contribution is 4.95. The van der Waals surface area contributed by atoms with Gasteiger partial charge in [-0.3, -0.25) is 0 Å². The van der Waals surface area contributed by atoms with E-state index in [4.69, 9.17) is 5.26 Å². The molecule has 3 unspecified atom stereocenters. The van der Waals surface area contributed by atoms with E-state index in [1.54, 1.807) is 0 Å². The van der Waals surface area contributed by atoms with Crippen molar-refractivity contribution in [3.63, 3.8) is 0 Å². The molecule has 3 saturated carbocycles. The Hall–Kier alpha value is -0.580. The van der Waals surface area contributed by atoms with Crippen molar-refractivity contribution in [2.45, 2.75) is 83.2 Å². The molecule has 0 heterocycles. The first-order valence-corrected chi connectivity index (χ1v) is 9.31. The Morgan fingerprint density at radius 1 is 0.667 bits per heavy atom. The zero-order chi connectivity index (χ0) is 14.7. The molecule has 0 amide bonds. The second kappa shape index (κ2) is 7.12. The first-order chi connectivity index (χ1) is 10.3. The Morgan fingerprint density at radius 3 is 1.76 bits per heavy atom. The van der Waals surface area contributed by atoms with E-state index < -0.39 is 6.17 Å². The third-order valence-corrected chi connectivity index (χ3v) is 6.78. The monoisotopic (exact) mass is 291 g/mol. The number of nitrogens with zero attached hydrogens (tertiary/aromatic N) is 1. The van der Waals surface area contributed by atoms with E-state index in [2.05, 4.69) is 6.07 Å². The van der Waals surface area contributed by atoms with Gasteiger partial charge in [0.15, 0.2) is 0 Å². The summed E-state index contributed by atoms with van der Waals surface area (Å²) in [7, 11) is 0. The largest absolute Gasteiger partial charge is 0.246 e. The van der Waals surface area contributed by atoms with Crippen LogP contribution < -0.4 is 0 Å². The van der Waals surface area contributed by atoms with Crippen LogP contribution >= 0.6 is 0 Å². The van der Waals surface area contributed by atoms with Crippen molar-refractivity contribution in [1.82, 2.24) is 0 Å². The average Bonchev–Trinajstić information content (AvgIpc) is 2.56. The highest BCUT2D eigenvalue weighted by atomic mass is 19.1. The first-order valence-electron chi connectivity index (χ1n) is 9.31. The Balaban J connectivity index is 1.46. The smallest absolute Gasteiger partial charge is 0.116 e. The predicted octanol–water partition coefficient (Wildman–Crippen LogP) is 5.65. The van der Waals surface area contributed by atoms with Crippen LogP contribution in [-0.4, -0.2) is 6.17 Å². The van der Waals surface area contributed by atoms with Crippen LogP contribution in [0.2, 0.25) is 0 Å². The summed E-state index contributed by atoms with van der Waals surface area (Å²) in [5.74, 6) is 2.97. The molecule has 21 heavy (non-hydrogen) atoms. The molecule has 3 rings (SSSR count). The maximum atomic E-state index is 14.0. The predicted molar refractivity (Wildman–Crippen MR) is 83.4 cm³/mol. The first kappa shape index (κ1) is 15.3.